The van der Waals surface area contributed by atoms with Crippen molar-refractivity contribution in [3.63, 3.8) is 0 Å². The first-order chi connectivity index (χ1) is 11.2. The summed E-state index contributed by atoms with van der Waals surface area (Å²) in [5.41, 5.74) is 2.59. The van der Waals surface area contributed by atoms with Gasteiger partial charge in [-0.25, -0.2) is 0 Å². The van der Waals surface area contributed by atoms with Crippen molar-refractivity contribution in [3.05, 3.63) is 29.3 Å². The van der Waals surface area contributed by atoms with E-state index in [1.54, 1.807) is 0 Å². The van der Waals surface area contributed by atoms with E-state index in [1.165, 1.54) is 17.5 Å². The van der Waals surface area contributed by atoms with Crippen molar-refractivity contribution in [2.45, 2.75) is 45.6 Å². The van der Waals surface area contributed by atoms with Crippen molar-refractivity contribution in [3.8, 4) is 5.75 Å². The molecule has 1 fully saturated rings. The predicted octanol–water partition coefficient (Wildman–Crippen LogP) is 2.75. The summed E-state index contributed by atoms with van der Waals surface area (Å²) in [5, 5.41) is 3.40. The molecule has 0 saturated carbocycles. The number of carbonyl (C=O) groups is 1. The molecule has 0 bridgehead atoms. The van der Waals surface area contributed by atoms with Crippen LogP contribution < -0.4 is 10.1 Å². The molecule has 1 N–H and O–H groups in total. The Labute approximate surface area is 139 Å². The molecule has 2 heterocycles. The Hall–Kier alpha value is -1.55. The molecule has 2 aliphatic rings. The summed E-state index contributed by atoms with van der Waals surface area (Å²) >= 11 is 0. The Kier molecular flexibility index (Phi) is 5.55. The summed E-state index contributed by atoms with van der Waals surface area (Å²) in [6.45, 7) is 6.51. The van der Waals surface area contributed by atoms with Gasteiger partial charge in [0.2, 0.25) is 5.91 Å². The molecule has 1 aromatic carbocycles. The minimum atomic E-state index is 0.294. The maximum atomic E-state index is 12.2. The smallest absolute Gasteiger partial charge is 0.223 e. The molecular weight excluding hydrogens is 288 g/mol. The van der Waals surface area contributed by atoms with Crippen molar-refractivity contribution in [1.82, 2.24) is 10.2 Å². The highest BCUT2D eigenvalue weighted by Gasteiger charge is 2.20. The fourth-order valence-corrected chi connectivity index (χ4v) is 3.53. The molecular formula is C19H28N2O2. The number of fused-ring (bicyclic) bond motifs is 1. The van der Waals surface area contributed by atoms with Gasteiger partial charge >= 0.3 is 0 Å². The van der Waals surface area contributed by atoms with E-state index in [4.69, 9.17) is 4.74 Å². The number of nitrogens with zero attached hydrogens (tertiary/aromatic N) is 1. The normalized spacial score (nSPS) is 20.7. The van der Waals surface area contributed by atoms with E-state index in [0.717, 1.165) is 57.8 Å². The van der Waals surface area contributed by atoms with E-state index in [1.807, 2.05) is 4.90 Å². The van der Waals surface area contributed by atoms with Crippen LogP contribution >= 0.6 is 0 Å². The highest BCUT2D eigenvalue weighted by molar-refractivity contribution is 5.76. The van der Waals surface area contributed by atoms with Crippen LogP contribution in [0.2, 0.25) is 0 Å². The van der Waals surface area contributed by atoms with Gasteiger partial charge in [0, 0.05) is 32.6 Å². The second-order valence-electron chi connectivity index (χ2n) is 6.91. The molecule has 1 amide bonds. The first-order valence-corrected chi connectivity index (χ1v) is 8.95. The summed E-state index contributed by atoms with van der Waals surface area (Å²) in [5.74, 6) is 1.98. The molecule has 0 radical (unpaired) electrons. The largest absolute Gasteiger partial charge is 0.493 e. The number of nitrogens with one attached hydrogen (secondary N) is 1. The van der Waals surface area contributed by atoms with Crippen LogP contribution in [0.3, 0.4) is 0 Å². The zero-order valence-electron chi connectivity index (χ0n) is 14.1. The third-order valence-electron chi connectivity index (χ3n) is 4.83. The Balaban J connectivity index is 1.40. The lowest BCUT2D eigenvalue weighted by molar-refractivity contribution is -0.132. The highest BCUT2D eigenvalue weighted by Crippen LogP contribution is 2.25. The van der Waals surface area contributed by atoms with Gasteiger partial charge in [0.15, 0.2) is 0 Å². The number of benzene rings is 1. The third kappa shape index (κ3) is 4.47. The van der Waals surface area contributed by atoms with Crippen molar-refractivity contribution < 1.29 is 9.53 Å². The molecule has 0 spiro atoms. The zero-order valence-corrected chi connectivity index (χ0v) is 14.1. The molecule has 23 heavy (non-hydrogen) atoms. The Morgan fingerprint density at radius 1 is 1.39 bits per heavy atom. The Morgan fingerprint density at radius 3 is 3.17 bits per heavy atom. The lowest BCUT2D eigenvalue weighted by atomic mass is 10.00. The SMILES string of the molecule is C[C@@H]1CCCN(C(=O)CCNCc2ccc3c(c2)CCCO3)C1. The van der Waals surface area contributed by atoms with Gasteiger partial charge in [-0.1, -0.05) is 19.1 Å². The minimum absolute atomic E-state index is 0.294. The van der Waals surface area contributed by atoms with Gasteiger partial charge in [-0.05, 0) is 48.8 Å². The Morgan fingerprint density at radius 2 is 2.30 bits per heavy atom. The van der Waals surface area contributed by atoms with Crippen molar-refractivity contribution in [2.75, 3.05) is 26.2 Å². The van der Waals surface area contributed by atoms with Crippen LogP contribution in [-0.4, -0.2) is 37.0 Å². The van der Waals surface area contributed by atoms with Crippen LogP contribution in [0.15, 0.2) is 18.2 Å². The summed E-state index contributed by atoms with van der Waals surface area (Å²) in [6.07, 6.45) is 5.21. The van der Waals surface area contributed by atoms with Gasteiger partial charge in [-0.3, -0.25) is 4.79 Å². The maximum absolute atomic E-state index is 12.2. The van der Waals surface area contributed by atoms with Crippen molar-refractivity contribution in [2.24, 2.45) is 5.92 Å². The van der Waals surface area contributed by atoms with Gasteiger partial charge in [-0.2, -0.15) is 0 Å². The van der Waals surface area contributed by atoms with Gasteiger partial charge < -0.3 is 15.0 Å². The molecule has 3 rings (SSSR count). The second-order valence-corrected chi connectivity index (χ2v) is 6.91. The Bertz CT molecular complexity index is 544. The number of likely N-dealkylation sites (tertiary alicyclic amines) is 1. The van der Waals surface area contributed by atoms with E-state index < -0.39 is 0 Å². The monoisotopic (exact) mass is 316 g/mol. The summed E-state index contributed by atoms with van der Waals surface area (Å²) in [4.78, 5) is 14.2. The quantitative estimate of drug-likeness (QED) is 0.849. The van der Waals surface area contributed by atoms with Crippen LogP contribution in [0, 0.1) is 5.92 Å². The van der Waals surface area contributed by atoms with Gasteiger partial charge in [0.1, 0.15) is 5.75 Å². The molecule has 1 aromatic rings. The molecule has 0 aliphatic carbocycles. The maximum Gasteiger partial charge on any atom is 0.223 e. The van der Waals surface area contributed by atoms with Gasteiger partial charge in [0.25, 0.3) is 0 Å². The van der Waals surface area contributed by atoms with E-state index in [2.05, 4.69) is 30.4 Å². The lowest BCUT2D eigenvalue weighted by Crippen LogP contribution is -2.40. The van der Waals surface area contributed by atoms with Crippen molar-refractivity contribution >= 4 is 5.91 Å². The van der Waals surface area contributed by atoms with Gasteiger partial charge in [0.05, 0.1) is 6.61 Å². The molecule has 0 unspecified atom stereocenters. The number of hydrogen-bond donors (Lipinski definition) is 1. The molecule has 1 saturated heterocycles. The molecule has 4 nitrogen and oxygen atoms in total. The van der Waals surface area contributed by atoms with Crippen molar-refractivity contribution in [1.29, 1.82) is 0 Å². The minimum Gasteiger partial charge on any atom is -0.493 e. The topological polar surface area (TPSA) is 41.6 Å². The summed E-state index contributed by atoms with van der Waals surface area (Å²) < 4.78 is 5.64. The lowest BCUT2D eigenvalue weighted by Gasteiger charge is -2.31. The molecule has 1 atom stereocenters. The van der Waals surface area contributed by atoms with Gasteiger partial charge in [-0.15, -0.1) is 0 Å². The van der Waals surface area contributed by atoms with E-state index in [0.29, 0.717) is 18.2 Å². The number of hydrogen-bond acceptors (Lipinski definition) is 3. The van der Waals surface area contributed by atoms with Crippen LogP contribution in [0.4, 0.5) is 0 Å². The summed E-state index contributed by atoms with van der Waals surface area (Å²) in [7, 11) is 0. The zero-order chi connectivity index (χ0) is 16.1. The third-order valence-corrected chi connectivity index (χ3v) is 4.83. The van der Waals surface area contributed by atoms with E-state index >= 15 is 0 Å². The number of rotatable bonds is 5. The number of ether oxygens (including phenoxy) is 1. The first kappa shape index (κ1) is 16.3. The highest BCUT2D eigenvalue weighted by atomic mass is 16.5. The molecule has 126 valence electrons. The van der Waals surface area contributed by atoms with Crippen LogP contribution in [0.25, 0.3) is 0 Å². The van der Waals surface area contributed by atoms with E-state index in [-0.39, 0.29) is 0 Å². The fourth-order valence-electron chi connectivity index (χ4n) is 3.53. The number of aryl methyl sites for hydroxylation is 1. The average molecular weight is 316 g/mol. The molecule has 0 aromatic heterocycles. The molecule has 2 aliphatic heterocycles. The fraction of sp³-hybridized carbons (Fsp3) is 0.632. The number of piperidine rings is 1. The van der Waals surface area contributed by atoms with Crippen LogP contribution in [0.1, 0.15) is 43.7 Å². The summed E-state index contributed by atoms with van der Waals surface area (Å²) in [6, 6.07) is 6.42. The van der Waals surface area contributed by atoms with E-state index in [9.17, 15) is 4.79 Å². The number of carbonyl (C=O) groups excluding carboxylic acids is 1. The second kappa shape index (κ2) is 7.82. The predicted molar refractivity (Wildman–Crippen MR) is 91.6 cm³/mol. The number of amides is 1. The van der Waals surface area contributed by atoms with Crippen LogP contribution in [-0.2, 0) is 17.8 Å². The standard InChI is InChI=1S/C19H28N2O2/c1-15-4-2-10-21(14-15)19(22)8-9-20-13-16-6-7-18-17(12-16)5-3-11-23-18/h6-7,12,15,20H,2-5,8-11,13-14H2,1H3/t15-/m1/s1. The molecule has 4 heteroatoms. The average Bonchev–Trinajstić information content (AvgIpc) is 2.58. The first-order valence-electron chi connectivity index (χ1n) is 8.95. The van der Waals surface area contributed by atoms with Crippen LogP contribution in [0.5, 0.6) is 5.75 Å².